The molecular formula is C20H22Br2S2. The van der Waals surface area contributed by atoms with Crippen molar-refractivity contribution >= 4 is 75.1 Å². The van der Waals surface area contributed by atoms with Crippen LogP contribution in [0.25, 0.3) is 20.5 Å². The molecule has 2 aromatic heterocycles. The minimum atomic E-state index is 0.683. The Balaban J connectivity index is 1.81. The monoisotopic (exact) mass is 484 g/mol. The van der Waals surface area contributed by atoms with E-state index in [0.717, 1.165) is 0 Å². The molecule has 4 rings (SSSR count). The molecule has 0 saturated heterocycles. The highest BCUT2D eigenvalue weighted by Gasteiger charge is 2.26. The molecule has 0 aromatic carbocycles. The summed E-state index contributed by atoms with van der Waals surface area (Å²) in [6.07, 6.45) is 12.7. The molecule has 0 nitrogen and oxygen atoms in total. The molecular weight excluding hydrogens is 464 g/mol. The van der Waals surface area contributed by atoms with Crippen molar-refractivity contribution in [3.05, 3.63) is 30.9 Å². The Morgan fingerprint density at radius 1 is 0.792 bits per heavy atom. The van der Waals surface area contributed by atoms with Gasteiger partial charge in [0.25, 0.3) is 0 Å². The van der Waals surface area contributed by atoms with Gasteiger partial charge in [-0.1, -0.05) is 26.0 Å². The number of hydrogen-bond donors (Lipinski definition) is 0. The van der Waals surface area contributed by atoms with Gasteiger partial charge in [-0.15, -0.1) is 22.7 Å². The molecule has 0 spiro atoms. The summed E-state index contributed by atoms with van der Waals surface area (Å²) in [5.74, 6) is 1.37. The van der Waals surface area contributed by atoms with Gasteiger partial charge in [0, 0.05) is 9.75 Å². The third-order valence-electron chi connectivity index (χ3n) is 5.41. The zero-order chi connectivity index (χ0) is 16.8. The van der Waals surface area contributed by atoms with Crippen molar-refractivity contribution in [3.8, 4) is 0 Å². The van der Waals surface area contributed by atoms with E-state index in [1.807, 2.05) is 22.7 Å². The Hall–Kier alpha value is 0.1000. The molecule has 128 valence electrons. The lowest BCUT2D eigenvalue weighted by atomic mass is 9.88. The van der Waals surface area contributed by atoms with Gasteiger partial charge in [-0.25, -0.2) is 0 Å². The van der Waals surface area contributed by atoms with Gasteiger partial charge in [-0.2, -0.15) is 0 Å². The summed E-state index contributed by atoms with van der Waals surface area (Å²) in [6.45, 7) is 4.75. The van der Waals surface area contributed by atoms with Gasteiger partial charge in [0.05, 0.1) is 18.3 Å². The first-order chi connectivity index (χ1) is 11.6. The van der Waals surface area contributed by atoms with Crippen LogP contribution in [-0.4, -0.2) is 0 Å². The third kappa shape index (κ3) is 2.91. The van der Waals surface area contributed by atoms with E-state index < -0.39 is 0 Å². The summed E-state index contributed by atoms with van der Waals surface area (Å²) in [6, 6.07) is 0. The van der Waals surface area contributed by atoms with Crippen LogP contribution in [0.15, 0.2) is 21.1 Å². The second-order valence-electron chi connectivity index (χ2n) is 7.13. The molecule has 2 atom stereocenters. The van der Waals surface area contributed by atoms with E-state index in [9.17, 15) is 0 Å². The second-order valence-corrected chi connectivity index (χ2v) is 10.8. The summed E-state index contributed by atoms with van der Waals surface area (Å²) in [7, 11) is 0. The van der Waals surface area contributed by atoms with Crippen molar-refractivity contribution < 1.29 is 0 Å². The van der Waals surface area contributed by atoms with Crippen molar-refractivity contribution in [2.45, 2.75) is 52.4 Å². The number of halogens is 2. The highest BCUT2D eigenvalue weighted by molar-refractivity contribution is 9.11. The summed E-state index contributed by atoms with van der Waals surface area (Å²) in [5, 5.41) is 0. The average Bonchev–Trinajstić information content (AvgIpc) is 3.06. The number of allylic oxidation sites excluding steroid dienone is 4. The van der Waals surface area contributed by atoms with E-state index in [4.69, 9.17) is 0 Å². The van der Waals surface area contributed by atoms with Crippen LogP contribution in [0, 0.1) is 11.8 Å². The topological polar surface area (TPSA) is 0 Å². The molecule has 0 aliphatic heterocycles. The lowest BCUT2D eigenvalue weighted by molar-refractivity contribution is 0.602. The molecule has 2 aliphatic rings. The van der Waals surface area contributed by atoms with Crippen LogP contribution >= 0.6 is 54.5 Å². The second kappa shape index (κ2) is 7.02. The molecule has 4 heteroatoms. The first-order valence-electron chi connectivity index (χ1n) is 8.89. The molecule has 2 aliphatic carbocycles. The molecule has 0 radical (unpaired) electrons. The Bertz CT molecular complexity index is 768. The fraction of sp³-hybridized carbons (Fsp3) is 0.500. The van der Waals surface area contributed by atoms with E-state index in [1.165, 1.54) is 66.6 Å². The van der Waals surface area contributed by atoms with Crippen LogP contribution in [0.1, 0.15) is 62.1 Å². The first-order valence-corrected chi connectivity index (χ1v) is 12.1. The van der Waals surface area contributed by atoms with Crippen molar-refractivity contribution in [1.82, 2.24) is 0 Å². The van der Waals surface area contributed by atoms with Gasteiger partial charge in [-0.3, -0.25) is 0 Å². The molecule has 0 amide bonds. The summed E-state index contributed by atoms with van der Waals surface area (Å²) in [5.41, 5.74) is 3.11. The summed E-state index contributed by atoms with van der Waals surface area (Å²) >= 11 is 11.8. The average molecular weight is 486 g/mol. The van der Waals surface area contributed by atoms with E-state index in [-0.39, 0.29) is 0 Å². The van der Waals surface area contributed by atoms with Crippen LogP contribution < -0.4 is 0 Å². The minimum Gasteiger partial charge on any atom is -0.132 e. The molecule has 0 bridgehead atoms. The smallest absolute Gasteiger partial charge is 0.0617 e. The van der Waals surface area contributed by atoms with E-state index in [1.54, 1.807) is 11.1 Å². The number of rotatable bonds is 2. The first kappa shape index (κ1) is 17.5. The molecule has 2 aromatic rings. The maximum Gasteiger partial charge on any atom is 0.0617 e. The zero-order valence-corrected chi connectivity index (χ0v) is 18.9. The summed E-state index contributed by atoms with van der Waals surface area (Å²) < 4.78 is 5.50. The van der Waals surface area contributed by atoms with Crippen LogP contribution in [-0.2, 0) is 0 Å². The number of thiophene rings is 2. The molecule has 24 heavy (non-hydrogen) atoms. The molecule has 0 fully saturated rings. The van der Waals surface area contributed by atoms with Gasteiger partial charge in [0.15, 0.2) is 0 Å². The lowest BCUT2D eigenvalue weighted by Crippen LogP contribution is -2.03. The molecule has 2 heterocycles. The van der Waals surface area contributed by atoms with Crippen molar-refractivity contribution in [2.24, 2.45) is 11.8 Å². The standard InChI is InChI=1S/C20H22Br2S2/c1-11-7-3-5-9-13(11)17-15(21)19-20(23-17)16(22)18(24-19)14-10-6-4-8-12(14)2/h9-12H,3-8H2,1-2H3. The Kier molecular flexibility index (Phi) is 5.12. The van der Waals surface area contributed by atoms with Crippen LogP contribution in [0.2, 0.25) is 0 Å². The van der Waals surface area contributed by atoms with Crippen molar-refractivity contribution in [2.75, 3.05) is 0 Å². The van der Waals surface area contributed by atoms with Crippen LogP contribution in [0.4, 0.5) is 0 Å². The van der Waals surface area contributed by atoms with Gasteiger partial charge < -0.3 is 0 Å². The Morgan fingerprint density at radius 2 is 1.21 bits per heavy atom. The third-order valence-corrected chi connectivity index (χ3v) is 10.7. The van der Waals surface area contributed by atoms with Gasteiger partial charge in [0.2, 0.25) is 0 Å². The van der Waals surface area contributed by atoms with Crippen molar-refractivity contribution in [1.29, 1.82) is 0 Å². The fourth-order valence-corrected chi connectivity index (χ4v) is 8.80. The van der Waals surface area contributed by atoms with Gasteiger partial charge in [0.1, 0.15) is 0 Å². The maximum absolute atomic E-state index is 3.94. The molecule has 0 saturated carbocycles. The molecule has 2 unspecified atom stereocenters. The summed E-state index contributed by atoms with van der Waals surface area (Å²) in [4.78, 5) is 2.92. The fourth-order valence-electron chi connectivity index (χ4n) is 3.96. The Labute approximate surface area is 169 Å². The zero-order valence-electron chi connectivity index (χ0n) is 14.1. The predicted molar refractivity (Wildman–Crippen MR) is 117 cm³/mol. The maximum atomic E-state index is 3.94. The largest absolute Gasteiger partial charge is 0.132 e. The Morgan fingerprint density at radius 3 is 1.58 bits per heavy atom. The van der Waals surface area contributed by atoms with Crippen LogP contribution in [0.5, 0.6) is 0 Å². The van der Waals surface area contributed by atoms with E-state index in [0.29, 0.717) is 11.8 Å². The van der Waals surface area contributed by atoms with Gasteiger partial charge in [-0.05, 0) is 93.4 Å². The lowest BCUT2D eigenvalue weighted by Gasteiger charge is -2.20. The van der Waals surface area contributed by atoms with Gasteiger partial charge >= 0.3 is 0 Å². The number of fused-ring (bicyclic) bond motifs is 1. The predicted octanol–water partition coefficient (Wildman–Crippen LogP) is 8.89. The van der Waals surface area contributed by atoms with E-state index in [2.05, 4.69) is 57.9 Å². The highest BCUT2D eigenvalue weighted by atomic mass is 79.9. The highest BCUT2D eigenvalue weighted by Crippen LogP contribution is 2.53. The SMILES string of the molecule is CC1CCCC=C1c1sc2c(Br)c(C3=CCCCC3C)sc2c1Br. The van der Waals surface area contributed by atoms with Crippen molar-refractivity contribution in [3.63, 3.8) is 0 Å². The van der Waals surface area contributed by atoms with E-state index >= 15 is 0 Å². The minimum absolute atomic E-state index is 0.683. The molecule has 0 N–H and O–H groups in total. The number of hydrogen-bond acceptors (Lipinski definition) is 2. The van der Waals surface area contributed by atoms with Crippen LogP contribution in [0.3, 0.4) is 0 Å². The normalized spacial score (nSPS) is 25.0. The quantitative estimate of drug-likeness (QED) is 0.398.